The van der Waals surface area contributed by atoms with Gasteiger partial charge in [-0.15, -0.1) is 0 Å². The largest absolute Gasteiger partial charge is 0.389 e. The molecular weight excluding hydrogens is 228 g/mol. The van der Waals surface area contributed by atoms with Gasteiger partial charge in [0, 0.05) is 13.1 Å². The Labute approximate surface area is 108 Å². The minimum absolute atomic E-state index is 0.161. The van der Waals surface area contributed by atoms with Crippen LogP contribution in [0.5, 0.6) is 0 Å². The summed E-state index contributed by atoms with van der Waals surface area (Å²) in [6.45, 7) is 6.04. The lowest BCUT2D eigenvalue weighted by Crippen LogP contribution is -2.45. The summed E-state index contributed by atoms with van der Waals surface area (Å²) in [6, 6.07) is 8.59. The van der Waals surface area contributed by atoms with Crippen LogP contribution in [0.25, 0.3) is 0 Å². The number of hydrogen-bond acceptors (Lipinski definition) is 3. The fourth-order valence-electron chi connectivity index (χ4n) is 1.81. The van der Waals surface area contributed by atoms with Crippen molar-refractivity contribution in [2.24, 2.45) is 5.73 Å². The molecule has 0 aromatic heterocycles. The average molecular weight is 250 g/mol. The van der Waals surface area contributed by atoms with E-state index < -0.39 is 11.6 Å². The van der Waals surface area contributed by atoms with Crippen LogP contribution in [0.1, 0.15) is 32.4 Å². The van der Waals surface area contributed by atoms with E-state index >= 15 is 0 Å². The Morgan fingerprint density at radius 1 is 1.39 bits per heavy atom. The van der Waals surface area contributed by atoms with Crippen molar-refractivity contribution in [1.29, 1.82) is 0 Å². The number of hydrogen-bond donors (Lipinski definition) is 2. The van der Waals surface area contributed by atoms with Crippen LogP contribution >= 0.6 is 0 Å². The van der Waals surface area contributed by atoms with Gasteiger partial charge in [-0.2, -0.15) is 0 Å². The molecule has 0 aliphatic rings. The zero-order valence-electron chi connectivity index (χ0n) is 11.3. The SMILES string of the molecule is CCN(CC(C)(C)O)C(=O)C(N)c1ccccc1. The van der Waals surface area contributed by atoms with Crippen molar-refractivity contribution in [3.05, 3.63) is 35.9 Å². The molecule has 1 unspecified atom stereocenters. The summed E-state index contributed by atoms with van der Waals surface area (Å²) >= 11 is 0. The highest BCUT2D eigenvalue weighted by Gasteiger charge is 2.25. The Morgan fingerprint density at radius 3 is 2.39 bits per heavy atom. The van der Waals surface area contributed by atoms with Crippen molar-refractivity contribution in [2.45, 2.75) is 32.4 Å². The molecule has 1 aromatic carbocycles. The fraction of sp³-hybridized carbons (Fsp3) is 0.500. The molecule has 1 aromatic rings. The van der Waals surface area contributed by atoms with E-state index in [1.807, 2.05) is 37.3 Å². The normalized spacial score (nSPS) is 13.2. The molecule has 18 heavy (non-hydrogen) atoms. The molecule has 0 aliphatic carbocycles. The third kappa shape index (κ3) is 4.13. The number of aliphatic hydroxyl groups is 1. The summed E-state index contributed by atoms with van der Waals surface area (Å²) in [5, 5.41) is 9.79. The number of carbonyl (C=O) groups is 1. The first-order chi connectivity index (χ1) is 8.35. The molecule has 1 amide bonds. The highest BCUT2D eigenvalue weighted by molar-refractivity contribution is 5.83. The number of benzene rings is 1. The monoisotopic (exact) mass is 250 g/mol. The maximum atomic E-state index is 12.2. The first kappa shape index (κ1) is 14.7. The highest BCUT2D eigenvalue weighted by Crippen LogP contribution is 2.14. The van der Waals surface area contributed by atoms with Gasteiger partial charge in [-0.25, -0.2) is 0 Å². The zero-order valence-corrected chi connectivity index (χ0v) is 11.3. The summed E-state index contributed by atoms with van der Waals surface area (Å²) in [5.41, 5.74) is 5.84. The Balaban J connectivity index is 2.79. The first-order valence-corrected chi connectivity index (χ1v) is 6.17. The van der Waals surface area contributed by atoms with Gasteiger partial charge in [-0.1, -0.05) is 30.3 Å². The third-order valence-corrected chi connectivity index (χ3v) is 2.70. The highest BCUT2D eigenvalue weighted by atomic mass is 16.3. The maximum Gasteiger partial charge on any atom is 0.244 e. The van der Waals surface area contributed by atoms with Crippen molar-refractivity contribution in [3.8, 4) is 0 Å². The molecule has 1 rings (SSSR count). The average Bonchev–Trinajstić information content (AvgIpc) is 2.34. The quantitative estimate of drug-likeness (QED) is 0.828. The molecule has 100 valence electrons. The molecule has 0 saturated heterocycles. The van der Waals surface area contributed by atoms with Crippen LogP contribution in [0.3, 0.4) is 0 Å². The van der Waals surface area contributed by atoms with Crippen molar-refractivity contribution in [2.75, 3.05) is 13.1 Å². The van der Waals surface area contributed by atoms with Crippen LogP contribution in [0, 0.1) is 0 Å². The van der Waals surface area contributed by atoms with Crippen LogP contribution in [-0.4, -0.2) is 34.6 Å². The molecule has 0 saturated carbocycles. The van der Waals surface area contributed by atoms with Gasteiger partial charge in [0.1, 0.15) is 6.04 Å². The molecule has 1 atom stereocenters. The molecule has 4 nitrogen and oxygen atoms in total. The smallest absolute Gasteiger partial charge is 0.244 e. The second kappa shape index (κ2) is 5.98. The first-order valence-electron chi connectivity index (χ1n) is 6.17. The Kier molecular flexibility index (Phi) is 4.87. The minimum atomic E-state index is -0.915. The summed E-state index contributed by atoms with van der Waals surface area (Å²) in [5.74, 6) is -0.161. The Morgan fingerprint density at radius 2 is 1.94 bits per heavy atom. The van der Waals surface area contributed by atoms with Gasteiger partial charge in [0.05, 0.1) is 5.60 Å². The van der Waals surface area contributed by atoms with Crippen LogP contribution in [0.2, 0.25) is 0 Å². The van der Waals surface area contributed by atoms with E-state index in [-0.39, 0.29) is 12.5 Å². The van der Waals surface area contributed by atoms with Crippen LogP contribution in [0.4, 0.5) is 0 Å². The topological polar surface area (TPSA) is 66.6 Å². The van der Waals surface area contributed by atoms with E-state index in [2.05, 4.69) is 0 Å². The fourth-order valence-corrected chi connectivity index (χ4v) is 1.81. The van der Waals surface area contributed by atoms with Gasteiger partial charge in [-0.3, -0.25) is 4.79 Å². The number of rotatable bonds is 5. The zero-order chi connectivity index (χ0) is 13.8. The summed E-state index contributed by atoms with van der Waals surface area (Å²) in [4.78, 5) is 13.8. The summed E-state index contributed by atoms with van der Waals surface area (Å²) in [6.07, 6.45) is 0. The number of amides is 1. The standard InChI is InChI=1S/C14H22N2O2/c1-4-16(10-14(2,3)18)13(17)12(15)11-8-6-5-7-9-11/h5-9,12,18H,4,10,15H2,1-3H3. The van der Waals surface area contributed by atoms with Gasteiger partial charge in [0.25, 0.3) is 0 Å². The number of carbonyl (C=O) groups excluding carboxylic acids is 1. The van der Waals surface area contributed by atoms with Crippen molar-refractivity contribution in [3.63, 3.8) is 0 Å². The molecule has 3 N–H and O–H groups in total. The van der Waals surface area contributed by atoms with E-state index in [1.165, 1.54) is 0 Å². The second-order valence-electron chi connectivity index (χ2n) is 5.05. The summed E-state index contributed by atoms with van der Waals surface area (Å²) in [7, 11) is 0. The van der Waals surface area contributed by atoms with Gasteiger partial charge in [0.15, 0.2) is 0 Å². The van der Waals surface area contributed by atoms with E-state index in [0.29, 0.717) is 6.54 Å². The minimum Gasteiger partial charge on any atom is -0.389 e. The lowest BCUT2D eigenvalue weighted by atomic mass is 10.0. The van der Waals surface area contributed by atoms with Crippen LogP contribution in [0.15, 0.2) is 30.3 Å². The third-order valence-electron chi connectivity index (χ3n) is 2.70. The van der Waals surface area contributed by atoms with Gasteiger partial charge in [-0.05, 0) is 26.3 Å². The Bertz CT molecular complexity index is 385. The number of nitrogens with zero attached hydrogens (tertiary/aromatic N) is 1. The van der Waals surface area contributed by atoms with E-state index in [4.69, 9.17) is 5.73 Å². The van der Waals surface area contributed by atoms with Gasteiger partial charge >= 0.3 is 0 Å². The van der Waals surface area contributed by atoms with E-state index in [0.717, 1.165) is 5.56 Å². The molecule has 0 spiro atoms. The van der Waals surface area contributed by atoms with Crippen molar-refractivity contribution >= 4 is 5.91 Å². The maximum absolute atomic E-state index is 12.2. The van der Waals surface area contributed by atoms with Gasteiger partial charge < -0.3 is 15.7 Å². The molecular formula is C14H22N2O2. The second-order valence-corrected chi connectivity index (χ2v) is 5.05. The van der Waals surface area contributed by atoms with E-state index in [1.54, 1.807) is 18.7 Å². The molecule has 0 bridgehead atoms. The molecule has 4 heteroatoms. The summed E-state index contributed by atoms with van der Waals surface area (Å²) < 4.78 is 0. The number of likely N-dealkylation sites (N-methyl/N-ethyl adjacent to an activating group) is 1. The van der Waals surface area contributed by atoms with Crippen molar-refractivity contribution in [1.82, 2.24) is 4.90 Å². The predicted octanol–water partition coefficient (Wildman–Crippen LogP) is 1.31. The van der Waals surface area contributed by atoms with Crippen LogP contribution < -0.4 is 5.73 Å². The molecule has 0 aliphatic heterocycles. The lowest BCUT2D eigenvalue weighted by Gasteiger charge is -2.30. The molecule has 0 fully saturated rings. The van der Waals surface area contributed by atoms with Gasteiger partial charge in [0.2, 0.25) is 5.91 Å². The molecule has 0 heterocycles. The van der Waals surface area contributed by atoms with Crippen LogP contribution in [-0.2, 0) is 4.79 Å². The van der Waals surface area contributed by atoms with E-state index in [9.17, 15) is 9.90 Å². The molecule has 0 radical (unpaired) electrons. The number of nitrogens with two attached hydrogens (primary N) is 1. The Hall–Kier alpha value is -1.39. The van der Waals surface area contributed by atoms with Crippen molar-refractivity contribution < 1.29 is 9.90 Å². The lowest BCUT2D eigenvalue weighted by molar-refractivity contribution is -0.135. The predicted molar refractivity (Wildman–Crippen MR) is 71.9 cm³/mol.